The summed E-state index contributed by atoms with van der Waals surface area (Å²) in [5.74, 6) is -0.307. The van der Waals surface area contributed by atoms with Gasteiger partial charge < -0.3 is 4.74 Å². The fourth-order valence-corrected chi connectivity index (χ4v) is 4.69. The number of hydrogen-bond acceptors (Lipinski definition) is 5. The summed E-state index contributed by atoms with van der Waals surface area (Å²) < 4.78 is 7.70. The van der Waals surface area contributed by atoms with Crippen LogP contribution in [0.2, 0.25) is 0 Å². The van der Waals surface area contributed by atoms with Gasteiger partial charge in [0.05, 0.1) is 18.8 Å². The van der Waals surface area contributed by atoms with Crippen LogP contribution in [0.5, 0.6) is 5.75 Å². The largest absolute Gasteiger partial charge is 0.494 e. The first-order valence-electron chi connectivity index (χ1n) is 13.6. The van der Waals surface area contributed by atoms with Crippen molar-refractivity contribution in [2.45, 2.75) is 33.2 Å². The molecule has 0 aliphatic carbocycles. The molecule has 7 heteroatoms. The molecule has 41 heavy (non-hydrogen) atoms. The van der Waals surface area contributed by atoms with E-state index in [-0.39, 0.29) is 17.7 Å². The number of nitriles is 1. The first-order valence-corrected chi connectivity index (χ1v) is 13.6. The Hall–Kier alpha value is -5.22. The van der Waals surface area contributed by atoms with Gasteiger partial charge in [0.2, 0.25) is 0 Å². The minimum Gasteiger partial charge on any atom is -0.494 e. The monoisotopic (exact) mass is 542 g/mol. The molecule has 5 rings (SSSR count). The third kappa shape index (κ3) is 5.87. The van der Waals surface area contributed by atoms with Crippen LogP contribution in [0.15, 0.2) is 108 Å². The third-order valence-electron chi connectivity index (χ3n) is 6.95. The number of benzene rings is 3. The van der Waals surface area contributed by atoms with Crippen LogP contribution in [0.3, 0.4) is 0 Å². The molecule has 2 amide bonds. The van der Waals surface area contributed by atoms with E-state index in [1.54, 1.807) is 17.7 Å². The summed E-state index contributed by atoms with van der Waals surface area (Å²) >= 11 is 0. The van der Waals surface area contributed by atoms with Gasteiger partial charge in [-0.15, -0.1) is 0 Å². The molecule has 0 spiro atoms. The predicted molar refractivity (Wildman–Crippen MR) is 158 cm³/mol. The standard InChI is InChI=1S/C34H30N4O3/c1-3-4-18-41-29-17-11-14-26(19-29)32-27(23-38(36-32)28-15-9-6-10-16-28)20-30-24(2)31(21-35)34(40)37(33(30)39)22-25-12-7-5-8-13-25/h5-17,19-20,23H,3-4,18,22H2,1-2H3/b30-20+. The fraction of sp³-hybridized carbons (Fsp3) is 0.176. The highest BCUT2D eigenvalue weighted by atomic mass is 16.5. The molecule has 1 aliphatic rings. The average Bonchev–Trinajstić information content (AvgIpc) is 3.43. The van der Waals surface area contributed by atoms with Crippen LogP contribution < -0.4 is 4.74 Å². The van der Waals surface area contributed by atoms with Crippen molar-refractivity contribution < 1.29 is 14.3 Å². The Morgan fingerprint density at radius 2 is 1.68 bits per heavy atom. The van der Waals surface area contributed by atoms with E-state index in [2.05, 4.69) is 6.92 Å². The van der Waals surface area contributed by atoms with Gasteiger partial charge in [0.25, 0.3) is 11.8 Å². The Morgan fingerprint density at radius 1 is 0.951 bits per heavy atom. The molecule has 0 radical (unpaired) electrons. The van der Waals surface area contributed by atoms with Crippen molar-refractivity contribution in [2.24, 2.45) is 0 Å². The van der Waals surface area contributed by atoms with Gasteiger partial charge in [-0.1, -0.05) is 74.0 Å². The summed E-state index contributed by atoms with van der Waals surface area (Å²) in [6, 6.07) is 28.7. The number of carbonyl (C=O) groups excluding carboxylic acids is 2. The van der Waals surface area contributed by atoms with E-state index >= 15 is 0 Å². The molecule has 0 saturated heterocycles. The van der Waals surface area contributed by atoms with Crippen LogP contribution in [0.1, 0.15) is 37.8 Å². The summed E-state index contributed by atoms with van der Waals surface area (Å²) in [6.07, 6.45) is 5.57. The quantitative estimate of drug-likeness (QED) is 0.137. The number of amides is 2. The van der Waals surface area contributed by atoms with Crippen LogP contribution in [-0.2, 0) is 16.1 Å². The lowest BCUT2D eigenvalue weighted by atomic mass is 9.93. The highest BCUT2D eigenvalue weighted by Gasteiger charge is 2.35. The van der Waals surface area contributed by atoms with Crippen molar-refractivity contribution in [3.63, 3.8) is 0 Å². The second-order valence-corrected chi connectivity index (χ2v) is 9.79. The molecule has 4 aromatic rings. The molecule has 0 bridgehead atoms. The smallest absolute Gasteiger partial charge is 0.271 e. The molecule has 204 valence electrons. The summed E-state index contributed by atoms with van der Waals surface area (Å²) in [5.41, 5.74) is 4.38. The topological polar surface area (TPSA) is 88.2 Å². The van der Waals surface area contributed by atoms with Gasteiger partial charge in [-0.05, 0) is 54.8 Å². The van der Waals surface area contributed by atoms with Gasteiger partial charge >= 0.3 is 0 Å². The lowest BCUT2D eigenvalue weighted by Crippen LogP contribution is -2.42. The minimum absolute atomic E-state index is 0.0462. The molecule has 0 unspecified atom stereocenters. The van der Waals surface area contributed by atoms with Crippen LogP contribution in [0.25, 0.3) is 23.0 Å². The Bertz CT molecular complexity index is 1680. The Kier molecular flexibility index (Phi) is 8.21. The Balaban J connectivity index is 1.62. The summed E-state index contributed by atoms with van der Waals surface area (Å²) in [6.45, 7) is 4.45. The first-order chi connectivity index (χ1) is 20.0. The van der Waals surface area contributed by atoms with E-state index < -0.39 is 11.8 Å². The van der Waals surface area contributed by atoms with Crippen molar-refractivity contribution in [1.82, 2.24) is 14.7 Å². The molecule has 0 atom stereocenters. The number of hydrogen-bond donors (Lipinski definition) is 0. The van der Waals surface area contributed by atoms with Crippen molar-refractivity contribution in [1.29, 1.82) is 5.26 Å². The highest BCUT2D eigenvalue weighted by Crippen LogP contribution is 2.33. The molecule has 1 aliphatic heterocycles. The van der Waals surface area contributed by atoms with Crippen LogP contribution in [-0.4, -0.2) is 33.1 Å². The molecule has 0 N–H and O–H groups in total. The highest BCUT2D eigenvalue weighted by molar-refractivity contribution is 6.19. The van der Waals surface area contributed by atoms with E-state index in [0.717, 1.165) is 40.3 Å². The number of unbranched alkanes of at least 4 members (excludes halogenated alkanes) is 1. The second kappa shape index (κ2) is 12.3. The molecule has 0 saturated carbocycles. The summed E-state index contributed by atoms with van der Waals surface area (Å²) in [7, 11) is 0. The molecule has 0 fully saturated rings. The molecule has 3 aromatic carbocycles. The Morgan fingerprint density at radius 3 is 2.39 bits per heavy atom. The summed E-state index contributed by atoms with van der Waals surface area (Å²) in [5, 5.41) is 14.8. The normalized spacial score (nSPS) is 14.5. The van der Waals surface area contributed by atoms with Gasteiger partial charge in [0, 0.05) is 22.9 Å². The molecule has 1 aromatic heterocycles. The number of imide groups is 1. The molecular formula is C34H30N4O3. The maximum atomic E-state index is 13.8. The lowest BCUT2D eigenvalue weighted by molar-refractivity contribution is -0.141. The van der Waals surface area contributed by atoms with Gasteiger partial charge in [0.15, 0.2) is 0 Å². The number of nitrogens with zero attached hydrogens (tertiary/aromatic N) is 4. The summed E-state index contributed by atoms with van der Waals surface area (Å²) in [4.78, 5) is 28.1. The van der Waals surface area contributed by atoms with E-state index in [0.29, 0.717) is 23.4 Å². The average molecular weight is 543 g/mol. The van der Waals surface area contributed by atoms with Gasteiger partial charge in [-0.3, -0.25) is 14.5 Å². The van der Waals surface area contributed by atoms with Gasteiger partial charge in [-0.25, -0.2) is 4.68 Å². The van der Waals surface area contributed by atoms with E-state index in [1.165, 1.54) is 0 Å². The lowest BCUT2D eigenvalue weighted by Gasteiger charge is -2.27. The van der Waals surface area contributed by atoms with E-state index in [4.69, 9.17) is 9.84 Å². The number of rotatable bonds is 9. The van der Waals surface area contributed by atoms with Crippen molar-refractivity contribution in [3.8, 4) is 28.8 Å². The van der Waals surface area contributed by atoms with Gasteiger partial charge in [-0.2, -0.15) is 10.4 Å². The van der Waals surface area contributed by atoms with Crippen LogP contribution in [0, 0.1) is 11.3 Å². The fourth-order valence-electron chi connectivity index (χ4n) is 4.69. The number of para-hydroxylation sites is 1. The number of carbonyl (C=O) groups is 2. The molecule has 7 nitrogen and oxygen atoms in total. The molecule has 2 heterocycles. The van der Waals surface area contributed by atoms with Gasteiger partial charge in [0.1, 0.15) is 23.1 Å². The third-order valence-corrected chi connectivity index (χ3v) is 6.95. The molecular weight excluding hydrogens is 512 g/mol. The predicted octanol–water partition coefficient (Wildman–Crippen LogP) is 6.51. The van der Waals surface area contributed by atoms with Crippen molar-refractivity contribution >= 4 is 17.9 Å². The maximum Gasteiger partial charge on any atom is 0.271 e. The zero-order chi connectivity index (χ0) is 28.8. The van der Waals surface area contributed by atoms with Crippen molar-refractivity contribution in [3.05, 3.63) is 119 Å². The first kappa shape index (κ1) is 27.4. The number of aromatic nitrogens is 2. The zero-order valence-corrected chi connectivity index (χ0v) is 23.1. The van der Waals surface area contributed by atoms with Crippen LogP contribution >= 0.6 is 0 Å². The number of ether oxygens (including phenoxy) is 1. The minimum atomic E-state index is -0.590. The maximum absolute atomic E-state index is 13.8. The zero-order valence-electron chi connectivity index (χ0n) is 23.1. The second-order valence-electron chi connectivity index (χ2n) is 9.79. The van der Waals surface area contributed by atoms with E-state index in [1.807, 2.05) is 97.2 Å². The Labute approximate surface area is 239 Å². The van der Waals surface area contributed by atoms with Crippen molar-refractivity contribution in [2.75, 3.05) is 6.61 Å². The van der Waals surface area contributed by atoms with E-state index in [9.17, 15) is 14.9 Å². The SMILES string of the molecule is CCCCOc1cccc(-c2nn(-c3ccccc3)cc2/C=C2/C(=O)N(Cc3ccccc3)C(=O)C(C#N)=C2C)c1. The van der Waals surface area contributed by atoms with Crippen LogP contribution in [0.4, 0.5) is 0 Å².